The molecule has 0 unspecified atom stereocenters. The number of nitrogens with one attached hydrogen (secondary N) is 2. The molecule has 0 bridgehead atoms. The fourth-order valence-corrected chi connectivity index (χ4v) is 3.47. The van der Waals surface area contributed by atoms with Crippen molar-refractivity contribution in [3.63, 3.8) is 0 Å². The molecule has 1 heterocycles. The highest BCUT2D eigenvalue weighted by Crippen LogP contribution is 2.31. The van der Waals surface area contributed by atoms with Gasteiger partial charge in [0.1, 0.15) is 5.69 Å². The molecule has 156 valence electrons. The third-order valence-corrected chi connectivity index (χ3v) is 4.98. The molecule has 1 saturated heterocycles. The van der Waals surface area contributed by atoms with Crippen molar-refractivity contribution in [2.45, 2.75) is 19.8 Å². The highest BCUT2D eigenvalue weighted by molar-refractivity contribution is 7.80. The van der Waals surface area contributed by atoms with Crippen LogP contribution in [0.15, 0.2) is 36.4 Å². The summed E-state index contributed by atoms with van der Waals surface area (Å²) in [4.78, 5) is 35.8. The zero-order valence-corrected chi connectivity index (χ0v) is 16.9. The van der Waals surface area contributed by atoms with Crippen LogP contribution in [0.5, 0.6) is 0 Å². The Kier molecular flexibility index (Phi) is 6.21. The van der Waals surface area contributed by atoms with Crippen molar-refractivity contribution in [1.82, 2.24) is 5.32 Å². The predicted molar refractivity (Wildman–Crippen MR) is 116 cm³/mol. The number of carbonyl (C=O) groups excluding carboxylic acids is 1. The van der Waals surface area contributed by atoms with Crippen LogP contribution in [0.3, 0.4) is 0 Å². The normalized spacial score (nSPS) is 13.0. The fourth-order valence-electron chi connectivity index (χ4n) is 3.27. The van der Waals surface area contributed by atoms with E-state index in [1.165, 1.54) is 30.3 Å². The number of anilines is 2. The number of nitro groups is 2. The monoisotopic (exact) mass is 429 g/mol. The molecule has 2 aromatic rings. The van der Waals surface area contributed by atoms with E-state index in [1.54, 1.807) is 13.0 Å². The van der Waals surface area contributed by atoms with Gasteiger partial charge in [0.25, 0.3) is 17.3 Å². The number of benzene rings is 2. The Morgan fingerprint density at radius 2 is 1.77 bits per heavy atom. The van der Waals surface area contributed by atoms with Gasteiger partial charge in [-0.25, -0.2) is 0 Å². The molecule has 11 heteroatoms. The lowest BCUT2D eigenvalue weighted by molar-refractivity contribution is -0.384. The Bertz CT molecular complexity index is 1040. The zero-order chi connectivity index (χ0) is 21.8. The first kappa shape index (κ1) is 21.1. The molecule has 2 N–H and O–H groups in total. The number of rotatable bonds is 5. The van der Waals surface area contributed by atoms with Gasteiger partial charge >= 0.3 is 0 Å². The number of amides is 1. The van der Waals surface area contributed by atoms with E-state index < -0.39 is 15.8 Å². The number of non-ortho nitro benzene ring substituents is 1. The van der Waals surface area contributed by atoms with Crippen LogP contribution in [0, 0.1) is 27.2 Å². The van der Waals surface area contributed by atoms with E-state index >= 15 is 0 Å². The second-order valence-corrected chi connectivity index (χ2v) is 7.23. The van der Waals surface area contributed by atoms with E-state index in [9.17, 15) is 25.0 Å². The summed E-state index contributed by atoms with van der Waals surface area (Å²) >= 11 is 5.13. The van der Waals surface area contributed by atoms with Crippen LogP contribution < -0.4 is 15.5 Å². The number of nitrogens with zero attached hydrogens (tertiary/aromatic N) is 3. The van der Waals surface area contributed by atoms with Crippen LogP contribution in [0.2, 0.25) is 0 Å². The molecule has 1 fully saturated rings. The Balaban J connectivity index is 1.72. The standard InChI is InChI=1S/C19H19N5O5S/c1-12-10-14(23(26)27)5-6-15(12)20-19(30)21-18(25)13-4-7-16(17(11-13)24(28)29)22-8-2-3-9-22/h4-7,10-11H,2-3,8-9H2,1H3,(H2,20,21,25,30). The summed E-state index contributed by atoms with van der Waals surface area (Å²) < 4.78 is 0. The van der Waals surface area contributed by atoms with Gasteiger partial charge in [-0.1, -0.05) is 0 Å². The van der Waals surface area contributed by atoms with Crippen molar-refractivity contribution < 1.29 is 14.6 Å². The summed E-state index contributed by atoms with van der Waals surface area (Å²) in [6.45, 7) is 3.16. The summed E-state index contributed by atoms with van der Waals surface area (Å²) in [7, 11) is 0. The molecule has 1 aliphatic heterocycles. The molecular weight excluding hydrogens is 410 g/mol. The largest absolute Gasteiger partial charge is 0.366 e. The smallest absolute Gasteiger partial charge is 0.293 e. The first-order valence-corrected chi connectivity index (χ1v) is 9.58. The van der Waals surface area contributed by atoms with Gasteiger partial charge in [-0.3, -0.25) is 30.3 Å². The summed E-state index contributed by atoms with van der Waals surface area (Å²) in [5.41, 5.74) is 1.49. The number of hydrogen-bond acceptors (Lipinski definition) is 7. The van der Waals surface area contributed by atoms with E-state index in [0.29, 0.717) is 16.9 Å². The topological polar surface area (TPSA) is 131 Å². The third kappa shape index (κ3) is 4.69. The molecule has 10 nitrogen and oxygen atoms in total. The van der Waals surface area contributed by atoms with Crippen LogP contribution in [0.4, 0.5) is 22.7 Å². The Morgan fingerprint density at radius 1 is 1.07 bits per heavy atom. The molecular formula is C19H19N5O5S. The van der Waals surface area contributed by atoms with Crippen LogP contribution in [-0.4, -0.2) is 34.0 Å². The molecule has 0 radical (unpaired) electrons. The highest BCUT2D eigenvalue weighted by atomic mass is 32.1. The molecule has 0 aromatic heterocycles. The summed E-state index contributed by atoms with van der Waals surface area (Å²) in [5, 5.41) is 27.6. The van der Waals surface area contributed by atoms with Gasteiger partial charge in [0, 0.05) is 42.5 Å². The maximum absolute atomic E-state index is 12.5. The van der Waals surface area contributed by atoms with Crippen molar-refractivity contribution in [2.24, 2.45) is 0 Å². The van der Waals surface area contributed by atoms with Crippen molar-refractivity contribution in [2.75, 3.05) is 23.3 Å². The lowest BCUT2D eigenvalue weighted by atomic mass is 10.1. The summed E-state index contributed by atoms with van der Waals surface area (Å²) in [5.74, 6) is -0.594. The van der Waals surface area contributed by atoms with Crippen LogP contribution in [-0.2, 0) is 0 Å². The SMILES string of the molecule is Cc1cc([N+](=O)[O-])ccc1NC(=S)NC(=O)c1ccc(N2CCCC2)c([N+](=O)[O-])c1. The van der Waals surface area contributed by atoms with Gasteiger partial charge in [-0.2, -0.15) is 0 Å². The molecule has 2 aromatic carbocycles. The second-order valence-electron chi connectivity index (χ2n) is 6.82. The van der Waals surface area contributed by atoms with Gasteiger partial charge < -0.3 is 10.2 Å². The molecule has 0 spiro atoms. The summed E-state index contributed by atoms with van der Waals surface area (Å²) in [6, 6.07) is 8.53. The number of nitro benzene ring substituents is 2. The summed E-state index contributed by atoms with van der Waals surface area (Å²) in [6.07, 6.45) is 1.95. The number of aryl methyl sites for hydroxylation is 1. The first-order valence-electron chi connectivity index (χ1n) is 9.17. The van der Waals surface area contributed by atoms with Crippen molar-refractivity contribution >= 4 is 46.0 Å². The molecule has 0 atom stereocenters. The Hall–Kier alpha value is -3.60. The predicted octanol–water partition coefficient (Wildman–Crippen LogP) is 3.54. The van der Waals surface area contributed by atoms with Crippen LogP contribution >= 0.6 is 12.2 Å². The minimum atomic E-state index is -0.594. The van der Waals surface area contributed by atoms with E-state index in [4.69, 9.17) is 12.2 Å². The van der Waals surface area contributed by atoms with E-state index in [0.717, 1.165) is 25.9 Å². The maximum atomic E-state index is 12.5. The minimum absolute atomic E-state index is 0.0248. The lowest BCUT2D eigenvalue weighted by Gasteiger charge is -2.18. The molecule has 30 heavy (non-hydrogen) atoms. The Labute approximate surface area is 177 Å². The molecule has 1 amide bonds. The number of thiocarbonyl (C=S) groups is 1. The van der Waals surface area contributed by atoms with Gasteiger partial charge in [0.2, 0.25) is 0 Å². The average Bonchev–Trinajstić information content (AvgIpc) is 3.23. The second kappa shape index (κ2) is 8.82. The minimum Gasteiger partial charge on any atom is -0.366 e. The first-order chi connectivity index (χ1) is 14.3. The number of hydrogen-bond donors (Lipinski definition) is 2. The average molecular weight is 429 g/mol. The van der Waals surface area contributed by atoms with Crippen molar-refractivity contribution in [3.05, 3.63) is 67.8 Å². The van der Waals surface area contributed by atoms with E-state index in [1.807, 2.05) is 4.90 Å². The highest BCUT2D eigenvalue weighted by Gasteiger charge is 2.24. The van der Waals surface area contributed by atoms with E-state index in [2.05, 4.69) is 10.6 Å². The van der Waals surface area contributed by atoms with Crippen molar-refractivity contribution in [3.8, 4) is 0 Å². The van der Waals surface area contributed by atoms with Gasteiger partial charge in [-0.05, 0) is 55.7 Å². The van der Waals surface area contributed by atoms with Crippen molar-refractivity contribution in [1.29, 1.82) is 0 Å². The fraction of sp³-hybridized carbons (Fsp3) is 0.263. The third-order valence-electron chi connectivity index (χ3n) is 4.78. The number of carbonyl (C=O) groups is 1. The van der Waals surface area contributed by atoms with Gasteiger partial charge in [0.15, 0.2) is 5.11 Å². The van der Waals surface area contributed by atoms with Gasteiger partial charge in [-0.15, -0.1) is 0 Å². The molecule has 0 saturated carbocycles. The zero-order valence-electron chi connectivity index (χ0n) is 16.1. The van der Waals surface area contributed by atoms with Gasteiger partial charge in [0.05, 0.1) is 9.85 Å². The van der Waals surface area contributed by atoms with Crippen LogP contribution in [0.25, 0.3) is 0 Å². The maximum Gasteiger partial charge on any atom is 0.293 e. The van der Waals surface area contributed by atoms with E-state index in [-0.39, 0.29) is 22.1 Å². The molecule has 1 aliphatic rings. The van der Waals surface area contributed by atoms with Crippen LogP contribution in [0.1, 0.15) is 28.8 Å². The lowest BCUT2D eigenvalue weighted by Crippen LogP contribution is -2.34. The molecule has 3 rings (SSSR count). The Morgan fingerprint density at radius 3 is 2.37 bits per heavy atom. The quantitative estimate of drug-likeness (QED) is 0.419. The molecule has 0 aliphatic carbocycles.